The van der Waals surface area contributed by atoms with Gasteiger partial charge in [0.15, 0.2) is 0 Å². The van der Waals surface area contributed by atoms with Crippen LogP contribution in [-0.4, -0.2) is 73.0 Å². The van der Waals surface area contributed by atoms with Crippen molar-refractivity contribution in [1.29, 1.82) is 10.7 Å². The van der Waals surface area contributed by atoms with Gasteiger partial charge in [0.2, 0.25) is 0 Å². The van der Waals surface area contributed by atoms with Gasteiger partial charge in [0, 0.05) is 64.5 Å². The molecule has 2 aliphatic heterocycles. The molecule has 204 valence electrons. The van der Waals surface area contributed by atoms with Gasteiger partial charge in [0.05, 0.1) is 22.5 Å². The number of nitrogens with zero attached hydrogens (tertiary/aromatic N) is 6. The average Bonchev–Trinajstić information content (AvgIpc) is 3.00. The number of rotatable bonds is 5. The monoisotopic (exact) mass is 547 g/mol. The lowest BCUT2D eigenvalue weighted by atomic mass is 10.1. The number of benzene rings is 2. The predicted octanol–water partition coefficient (Wildman–Crippen LogP) is 5.24. The van der Waals surface area contributed by atoms with Crippen molar-refractivity contribution >= 4 is 28.9 Å². The van der Waals surface area contributed by atoms with Gasteiger partial charge in [0.1, 0.15) is 23.5 Å². The first-order valence-corrected chi connectivity index (χ1v) is 13.8. The topological polar surface area (TPSA) is 73.5 Å². The van der Waals surface area contributed by atoms with Crippen molar-refractivity contribution in [2.24, 2.45) is 0 Å². The Balaban J connectivity index is 0.00000172. The summed E-state index contributed by atoms with van der Waals surface area (Å²) in [4.78, 5) is 13.0. The van der Waals surface area contributed by atoms with Gasteiger partial charge in [-0.15, -0.1) is 0 Å². The standard InChI is InChI=1S/C28H29ClFN7.C2H6/c29-25-7-5-21(20-34-9-11-35(12-10-34)26-4-2-1-3-22(26)18-31)17-24(25)28(32)37-15-13-36(14-16-37)27-8-6-23(30)19-33-27;1-2/h1-8,17,19,32H,9-16,20H2;1-2H3. The SMILES string of the molecule is CC.N#Cc1ccccc1N1CCN(Cc2ccc(Cl)c(C(=N)N3CCN(c4ccc(F)cn4)CC3)c2)CC1. The fourth-order valence-electron chi connectivity index (χ4n) is 4.99. The highest BCUT2D eigenvalue weighted by Crippen LogP contribution is 2.24. The number of nitrogens with one attached hydrogen (secondary N) is 1. The Kier molecular flexibility index (Phi) is 9.74. The van der Waals surface area contributed by atoms with Gasteiger partial charge in [-0.25, -0.2) is 9.37 Å². The molecule has 2 saturated heterocycles. The van der Waals surface area contributed by atoms with Crippen molar-refractivity contribution in [2.75, 3.05) is 62.2 Å². The predicted molar refractivity (Wildman–Crippen MR) is 156 cm³/mol. The molecule has 1 aromatic heterocycles. The Morgan fingerprint density at radius 3 is 2.31 bits per heavy atom. The number of anilines is 2. The number of para-hydroxylation sites is 1. The van der Waals surface area contributed by atoms with Crippen molar-refractivity contribution in [3.05, 3.63) is 88.3 Å². The number of piperazine rings is 2. The number of nitriles is 1. The van der Waals surface area contributed by atoms with Gasteiger partial charge in [-0.2, -0.15) is 5.26 Å². The Hall–Kier alpha value is -3.67. The van der Waals surface area contributed by atoms with E-state index in [0.29, 0.717) is 42.6 Å². The van der Waals surface area contributed by atoms with Gasteiger partial charge in [-0.05, 0) is 42.0 Å². The van der Waals surface area contributed by atoms with Gasteiger partial charge in [0.25, 0.3) is 0 Å². The number of aromatic nitrogens is 1. The van der Waals surface area contributed by atoms with Crippen molar-refractivity contribution in [1.82, 2.24) is 14.8 Å². The lowest BCUT2D eigenvalue weighted by Gasteiger charge is -2.37. The third kappa shape index (κ3) is 6.86. The van der Waals surface area contributed by atoms with Crippen LogP contribution in [0.15, 0.2) is 60.8 Å². The molecule has 0 unspecified atom stereocenters. The molecular weight excluding hydrogens is 513 g/mol. The van der Waals surface area contributed by atoms with Gasteiger partial charge < -0.3 is 14.7 Å². The summed E-state index contributed by atoms with van der Waals surface area (Å²) in [5.74, 6) is 0.838. The summed E-state index contributed by atoms with van der Waals surface area (Å²) in [6.45, 7) is 11.1. The van der Waals surface area contributed by atoms with Crippen LogP contribution in [0.2, 0.25) is 5.02 Å². The van der Waals surface area contributed by atoms with E-state index >= 15 is 0 Å². The number of amidine groups is 1. The van der Waals surface area contributed by atoms with Crippen LogP contribution >= 0.6 is 11.6 Å². The highest BCUT2D eigenvalue weighted by atomic mass is 35.5. The van der Waals surface area contributed by atoms with E-state index in [0.717, 1.165) is 55.4 Å². The molecule has 39 heavy (non-hydrogen) atoms. The maximum atomic E-state index is 13.2. The van der Waals surface area contributed by atoms with Crippen molar-refractivity contribution in [3.63, 3.8) is 0 Å². The van der Waals surface area contributed by atoms with Crippen LogP contribution in [0.3, 0.4) is 0 Å². The summed E-state index contributed by atoms with van der Waals surface area (Å²) in [5, 5.41) is 18.9. The molecule has 2 fully saturated rings. The summed E-state index contributed by atoms with van der Waals surface area (Å²) in [5.41, 5.74) is 3.59. The summed E-state index contributed by atoms with van der Waals surface area (Å²) >= 11 is 6.54. The minimum atomic E-state index is -0.343. The Labute approximate surface area is 235 Å². The maximum absolute atomic E-state index is 13.2. The molecule has 0 aliphatic carbocycles. The van der Waals surface area contributed by atoms with E-state index in [4.69, 9.17) is 17.0 Å². The first kappa shape index (κ1) is 28.3. The summed E-state index contributed by atoms with van der Waals surface area (Å²) in [6.07, 6.45) is 1.24. The fraction of sp³-hybridized carbons (Fsp3) is 0.367. The minimum absolute atomic E-state index is 0.343. The first-order valence-electron chi connectivity index (χ1n) is 13.5. The van der Waals surface area contributed by atoms with Crippen LogP contribution in [-0.2, 0) is 6.54 Å². The normalized spacial score (nSPS) is 15.8. The molecule has 5 rings (SSSR count). The number of hydrogen-bond donors (Lipinski definition) is 1. The number of pyridine rings is 1. The van der Waals surface area contributed by atoms with Crippen LogP contribution in [0.25, 0.3) is 0 Å². The Morgan fingerprint density at radius 2 is 1.64 bits per heavy atom. The second kappa shape index (κ2) is 13.4. The highest BCUT2D eigenvalue weighted by molar-refractivity contribution is 6.34. The quantitative estimate of drug-likeness (QED) is 0.348. The molecule has 0 saturated carbocycles. The molecule has 0 amide bonds. The molecule has 2 aliphatic rings. The van der Waals surface area contributed by atoms with E-state index in [1.807, 2.05) is 61.2 Å². The molecule has 0 radical (unpaired) electrons. The van der Waals surface area contributed by atoms with Crippen molar-refractivity contribution in [2.45, 2.75) is 20.4 Å². The van der Waals surface area contributed by atoms with Gasteiger partial charge in [-0.3, -0.25) is 10.3 Å². The molecule has 3 aromatic rings. The lowest BCUT2D eigenvalue weighted by molar-refractivity contribution is 0.250. The molecule has 7 nitrogen and oxygen atoms in total. The largest absolute Gasteiger partial charge is 0.368 e. The zero-order chi connectivity index (χ0) is 27.8. The third-order valence-electron chi connectivity index (χ3n) is 7.06. The average molecular weight is 548 g/mol. The zero-order valence-corrected chi connectivity index (χ0v) is 23.3. The van der Waals surface area contributed by atoms with E-state index in [2.05, 4.69) is 25.8 Å². The van der Waals surface area contributed by atoms with E-state index < -0.39 is 0 Å². The Morgan fingerprint density at radius 1 is 0.949 bits per heavy atom. The van der Waals surface area contributed by atoms with Gasteiger partial charge >= 0.3 is 0 Å². The smallest absolute Gasteiger partial charge is 0.141 e. The second-order valence-electron chi connectivity index (χ2n) is 9.36. The van der Waals surface area contributed by atoms with Crippen LogP contribution in [0.5, 0.6) is 0 Å². The molecule has 0 spiro atoms. The molecule has 1 N–H and O–H groups in total. The van der Waals surface area contributed by atoms with E-state index in [1.54, 1.807) is 6.07 Å². The number of halogens is 2. The molecule has 3 heterocycles. The number of hydrogen-bond acceptors (Lipinski definition) is 6. The lowest BCUT2D eigenvalue weighted by Crippen LogP contribution is -2.49. The van der Waals surface area contributed by atoms with E-state index in [1.165, 1.54) is 12.3 Å². The zero-order valence-electron chi connectivity index (χ0n) is 22.6. The molecular formula is C30H35ClFN7. The second-order valence-corrected chi connectivity index (χ2v) is 9.77. The fourth-order valence-corrected chi connectivity index (χ4v) is 5.19. The van der Waals surface area contributed by atoms with Crippen molar-refractivity contribution < 1.29 is 4.39 Å². The van der Waals surface area contributed by atoms with Gasteiger partial charge in [-0.1, -0.05) is 43.6 Å². The maximum Gasteiger partial charge on any atom is 0.141 e. The molecule has 0 atom stereocenters. The third-order valence-corrected chi connectivity index (χ3v) is 7.39. The van der Waals surface area contributed by atoms with E-state index in [9.17, 15) is 9.65 Å². The van der Waals surface area contributed by atoms with Crippen LogP contribution in [0, 0.1) is 22.6 Å². The Bertz CT molecular complexity index is 1290. The van der Waals surface area contributed by atoms with Crippen LogP contribution in [0.4, 0.5) is 15.9 Å². The summed E-state index contributed by atoms with van der Waals surface area (Å²) in [7, 11) is 0. The molecule has 9 heteroatoms. The highest BCUT2D eigenvalue weighted by Gasteiger charge is 2.23. The van der Waals surface area contributed by atoms with Crippen LogP contribution in [0.1, 0.15) is 30.5 Å². The first-order chi connectivity index (χ1) is 19.0. The van der Waals surface area contributed by atoms with E-state index in [-0.39, 0.29) is 5.82 Å². The summed E-state index contributed by atoms with van der Waals surface area (Å²) < 4.78 is 13.2. The molecule has 0 bridgehead atoms. The van der Waals surface area contributed by atoms with Crippen molar-refractivity contribution in [3.8, 4) is 6.07 Å². The molecule has 2 aromatic carbocycles. The minimum Gasteiger partial charge on any atom is -0.368 e. The summed E-state index contributed by atoms with van der Waals surface area (Å²) in [6, 6.07) is 19.1. The van der Waals surface area contributed by atoms with Crippen LogP contribution < -0.4 is 9.80 Å².